The maximum absolute atomic E-state index is 11.0. The predicted molar refractivity (Wildman–Crippen MR) is 62.3 cm³/mol. The second-order valence-corrected chi connectivity index (χ2v) is 4.51. The van der Waals surface area contributed by atoms with Gasteiger partial charge >= 0.3 is 51.4 Å². The summed E-state index contributed by atoms with van der Waals surface area (Å²) in [6, 6.07) is 7.13. The summed E-state index contributed by atoms with van der Waals surface area (Å²) in [4.78, 5) is 12.9. The van der Waals surface area contributed by atoms with Gasteiger partial charge in [-0.05, 0) is 25.0 Å². The summed E-state index contributed by atoms with van der Waals surface area (Å²) < 4.78 is 1.73. The van der Waals surface area contributed by atoms with Gasteiger partial charge in [0, 0.05) is 6.54 Å². The van der Waals surface area contributed by atoms with Crippen molar-refractivity contribution in [3.63, 3.8) is 0 Å². The number of carbonyl (C=O) groups excluding carboxylic acids is 1. The van der Waals surface area contributed by atoms with E-state index in [-0.39, 0.29) is 51.4 Å². The number of para-hydroxylation sites is 1. The Bertz CT molecular complexity index is 586. The fourth-order valence-electron chi connectivity index (χ4n) is 2.46. The van der Waals surface area contributed by atoms with E-state index < -0.39 is 12.0 Å². The van der Waals surface area contributed by atoms with E-state index in [9.17, 15) is 9.90 Å². The van der Waals surface area contributed by atoms with Gasteiger partial charge in [0.1, 0.15) is 5.52 Å². The summed E-state index contributed by atoms with van der Waals surface area (Å²) >= 11 is 0. The van der Waals surface area contributed by atoms with Crippen molar-refractivity contribution < 1.29 is 61.3 Å². The van der Waals surface area contributed by atoms with Crippen LogP contribution in [0.25, 0.3) is 11.0 Å². The molecule has 1 unspecified atom stereocenters. The molecule has 0 amide bonds. The van der Waals surface area contributed by atoms with Crippen LogP contribution in [-0.2, 0) is 11.5 Å². The van der Waals surface area contributed by atoms with Gasteiger partial charge in [-0.2, -0.15) is 0 Å². The van der Waals surface area contributed by atoms with E-state index in [2.05, 4.69) is 10.3 Å². The molecular formula is C12H13KN4O2. The van der Waals surface area contributed by atoms with E-state index in [0.717, 1.165) is 24.0 Å². The summed E-state index contributed by atoms with van der Waals surface area (Å²) in [5, 5.41) is 19.1. The van der Waals surface area contributed by atoms with Crippen LogP contribution >= 0.6 is 0 Å². The second kappa shape index (κ2) is 6.42. The van der Waals surface area contributed by atoms with Crippen molar-refractivity contribution >= 4 is 17.0 Å². The van der Waals surface area contributed by atoms with E-state index in [1.807, 2.05) is 29.2 Å². The molecule has 6 nitrogen and oxygen atoms in total. The Morgan fingerprint density at radius 3 is 3.00 bits per heavy atom. The molecule has 19 heavy (non-hydrogen) atoms. The van der Waals surface area contributed by atoms with Gasteiger partial charge in [0.2, 0.25) is 0 Å². The molecule has 3 rings (SSSR count). The van der Waals surface area contributed by atoms with Gasteiger partial charge in [0.15, 0.2) is 0 Å². The number of hydrogen-bond acceptors (Lipinski definition) is 5. The fourth-order valence-corrected chi connectivity index (χ4v) is 2.46. The summed E-state index contributed by atoms with van der Waals surface area (Å²) in [6.45, 7) is 1.20. The molecule has 0 N–H and O–H groups in total. The maximum Gasteiger partial charge on any atom is 1.00 e. The normalized spacial score (nSPS) is 19.5. The molecule has 0 aliphatic carbocycles. The van der Waals surface area contributed by atoms with E-state index >= 15 is 0 Å². The molecule has 7 heteroatoms. The number of hydrogen-bond donors (Lipinski definition) is 0. The number of carbonyl (C=O) groups is 1. The molecule has 0 saturated carbocycles. The van der Waals surface area contributed by atoms with Crippen LogP contribution in [0.2, 0.25) is 0 Å². The SMILES string of the molecule is O=C([O-])C1CCCN1Cn1nnc2ccccc21.[K+]. The van der Waals surface area contributed by atoms with Crippen LogP contribution in [0.4, 0.5) is 0 Å². The van der Waals surface area contributed by atoms with E-state index in [1.165, 1.54) is 0 Å². The molecule has 1 fully saturated rings. The number of aliphatic carboxylic acids is 1. The standard InChI is InChI=1S/C12H14N4O2.K/c17-12(18)11-6-3-7-15(11)8-16-10-5-2-1-4-9(10)13-14-16;/h1-2,4-5,11H,3,6-8H2,(H,17,18);/q;+1/p-1. The van der Waals surface area contributed by atoms with Gasteiger partial charge in [-0.3, -0.25) is 4.90 Å². The van der Waals surface area contributed by atoms with E-state index in [0.29, 0.717) is 13.1 Å². The monoisotopic (exact) mass is 284 g/mol. The molecule has 2 heterocycles. The molecule has 1 saturated heterocycles. The van der Waals surface area contributed by atoms with Crippen LogP contribution in [-0.4, -0.2) is 38.4 Å². The Balaban J connectivity index is 0.00000133. The van der Waals surface area contributed by atoms with E-state index in [4.69, 9.17) is 0 Å². The first-order chi connectivity index (χ1) is 8.75. The van der Waals surface area contributed by atoms with Crippen LogP contribution in [0.15, 0.2) is 24.3 Å². The average Bonchev–Trinajstić information content (AvgIpc) is 2.97. The third kappa shape index (κ3) is 3.06. The molecule has 1 atom stereocenters. The van der Waals surface area contributed by atoms with Crippen LogP contribution in [0, 0.1) is 0 Å². The predicted octanol–water partition coefficient (Wildman–Crippen LogP) is -3.39. The first kappa shape index (κ1) is 15.1. The second-order valence-electron chi connectivity index (χ2n) is 4.51. The van der Waals surface area contributed by atoms with Crippen molar-refractivity contribution in [3.8, 4) is 0 Å². The van der Waals surface area contributed by atoms with Gasteiger partial charge in [0.05, 0.1) is 24.2 Å². The molecule has 94 valence electrons. The summed E-state index contributed by atoms with van der Waals surface area (Å²) in [7, 11) is 0. The minimum atomic E-state index is -1.00. The first-order valence-electron chi connectivity index (χ1n) is 5.99. The quantitative estimate of drug-likeness (QED) is 0.550. The Labute approximate surface area is 153 Å². The fraction of sp³-hybridized carbons (Fsp3) is 0.417. The van der Waals surface area contributed by atoms with Crippen molar-refractivity contribution in [2.75, 3.05) is 6.54 Å². The molecule has 0 spiro atoms. The molecule has 0 bridgehead atoms. The maximum atomic E-state index is 11.0. The Hall–Kier alpha value is -0.314. The molecule has 2 aromatic rings. The zero-order valence-electron chi connectivity index (χ0n) is 10.8. The largest absolute Gasteiger partial charge is 1.00 e. The Morgan fingerprint density at radius 2 is 2.21 bits per heavy atom. The zero-order valence-corrected chi connectivity index (χ0v) is 13.9. The minimum absolute atomic E-state index is 0. The summed E-state index contributed by atoms with van der Waals surface area (Å²) in [6.07, 6.45) is 1.53. The molecule has 1 aliphatic heterocycles. The Morgan fingerprint density at radius 1 is 1.42 bits per heavy atom. The van der Waals surface area contributed by atoms with Gasteiger partial charge in [-0.15, -0.1) is 5.10 Å². The zero-order chi connectivity index (χ0) is 12.5. The first-order valence-corrected chi connectivity index (χ1v) is 5.99. The van der Waals surface area contributed by atoms with Crippen molar-refractivity contribution in [1.29, 1.82) is 0 Å². The smallest absolute Gasteiger partial charge is 0.548 e. The topological polar surface area (TPSA) is 74.1 Å². The molecule has 1 aliphatic rings. The van der Waals surface area contributed by atoms with Crippen molar-refractivity contribution in [1.82, 2.24) is 19.9 Å². The Kier molecular flexibility index (Phi) is 5.10. The molecular weight excluding hydrogens is 271 g/mol. The van der Waals surface area contributed by atoms with Crippen LogP contribution < -0.4 is 56.5 Å². The van der Waals surface area contributed by atoms with Crippen LogP contribution in [0.5, 0.6) is 0 Å². The van der Waals surface area contributed by atoms with Crippen molar-refractivity contribution in [2.45, 2.75) is 25.6 Å². The van der Waals surface area contributed by atoms with Gasteiger partial charge < -0.3 is 9.90 Å². The van der Waals surface area contributed by atoms with E-state index in [1.54, 1.807) is 4.68 Å². The minimum Gasteiger partial charge on any atom is -0.548 e. The summed E-state index contributed by atoms with van der Waals surface area (Å²) in [5.41, 5.74) is 1.74. The number of likely N-dealkylation sites (tertiary alicyclic amines) is 1. The molecule has 1 aromatic heterocycles. The summed E-state index contributed by atoms with van der Waals surface area (Å²) in [5.74, 6) is -1.00. The third-order valence-corrected chi connectivity index (χ3v) is 3.37. The number of fused-ring (bicyclic) bond motifs is 1. The number of nitrogens with zero attached hydrogens (tertiary/aromatic N) is 4. The van der Waals surface area contributed by atoms with Crippen LogP contribution in [0.1, 0.15) is 12.8 Å². The van der Waals surface area contributed by atoms with Crippen LogP contribution in [0.3, 0.4) is 0 Å². The van der Waals surface area contributed by atoms with Crippen molar-refractivity contribution in [2.24, 2.45) is 0 Å². The average molecular weight is 284 g/mol. The van der Waals surface area contributed by atoms with Gasteiger partial charge in [-0.25, -0.2) is 4.68 Å². The number of carboxylic acid groups (broad SMARTS) is 1. The number of carboxylic acids is 1. The molecule has 1 aromatic carbocycles. The molecule has 0 radical (unpaired) electrons. The van der Waals surface area contributed by atoms with Crippen molar-refractivity contribution in [3.05, 3.63) is 24.3 Å². The number of rotatable bonds is 3. The number of aromatic nitrogens is 3. The number of benzene rings is 1. The third-order valence-electron chi connectivity index (χ3n) is 3.37. The van der Waals surface area contributed by atoms with Gasteiger partial charge in [0.25, 0.3) is 0 Å². The van der Waals surface area contributed by atoms with Gasteiger partial charge in [-0.1, -0.05) is 17.3 Å².